The molecule has 0 saturated carbocycles. The molecule has 2 atom stereocenters. The maximum atomic E-state index is 5.14. The Balaban J connectivity index is 1.94. The molecule has 3 heteroatoms. The normalized spacial score (nSPS) is 26.0. The first-order valence-corrected chi connectivity index (χ1v) is 4.77. The van der Waals surface area contributed by atoms with Crippen LogP contribution in [0.4, 0.5) is 0 Å². The molecule has 0 radical (unpaired) electrons. The smallest absolute Gasteiger partial charge is 0.0667 e. The van der Waals surface area contributed by atoms with Crippen molar-refractivity contribution in [2.24, 2.45) is 5.92 Å². The summed E-state index contributed by atoms with van der Waals surface area (Å²) in [7, 11) is 1.75. The Bertz CT molecular complexity index is 113. The summed E-state index contributed by atoms with van der Waals surface area (Å²) in [6, 6.07) is 0. The van der Waals surface area contributed by atoms with Crippen molar-refractivity contribution in [3.8, 4) is 0 Å². The van der Waals surface area contributed by atoms with E-state index in [1.807, 2.05) is 0 Å². The molecule has 1 heterocycles. The zero-order valence-corrected chi connectivity index (χ0v) is 8.10. The van der Waals surface area contributed by atoms with E-state index in [2.05, 4.69) is 17.6 Å². The van der Waals surface area contributed by atoms with E-state index in [-0.39, 0.29) is 0 Å². The lowest BCUT2D eigenvalue weighted by atomic mass is 10.1. The van der Waals surface area contributed by atoms with Gasteiger partial charge < -0.3 is 15.4 Å². The summed E-state index contributed by atoms with van der Waals surface area (Å²) in [6.07, 6.45) is 1.65. The van der Waals surface area contributed by atoms with Gasteiger partial charge in [-0.05, 0) is 38.9 Å². The summed E-state index contributed by atoms with van der Waals surface area (Å²) in [5, 5.41) is 6.77. The average molecular weight is 172 g/mol. The van der Waals surface area contributed by atoms with Crippen LogP contribution in [0.15, 0.2) is 0 Å². The van der Waals surface area contributed by atoms with Crippen molar-refractivity contribution in [2.75, 3.05) is 33.3 Å². The van der Waals surface area contributed by atoms with Crippen LogP contribution in [0.2, 0.25) is 0 Å². The summed E-state index contributed by atoms with van der Waals surface area (Å²) >= 11 is 0. The molecule has 2 N–H and O–H groups in total. The van der Waals surface area contributed by atoms with Gasteiger partial charge in [-0.3, -0.25) is 0 Å². The lowest BCUT2D eigenvalue weighted by Crippen LogP contribution is -2.31. The third-order valence-corrected chi connectivity index (χ3v) is 2.43. The van der Waals surface area contributed by atoms with Crippen molar-refractivity contribution < 1.29 is 4.74 Å². The molecule has 1 aliphatic rings. The van der Waals surface area contributed by atoms with Crippen LogP contribution >= 0.6 is 0 Å². The van der Waals surface area contributed by atoms with Gasteiger partial charge in [0.1, 0.15) is 0 Å². The van der Waals surface area contributed by atoms with E-state index in [1.165, 1.54) is 19.5 Å². The summed E-state index contributed by atoms with van der Waals surface area (Å²) in [4.78, 5) is 0. The van der Waals surface area contributed by atoms with Crippen LogP contribution < -0.4 is 10.6 Å². The average Bonchev–Trinajstić information content (AvgIpc) is 2.57. The number of hydrogen-bond acceptors (Lipinski definition) is 3. The highest BCUT2D eigenvalue weighted by atomic mass is 16.5. The molecule has 0 aromatic heterocycles. The Morgan fingerprint density at radius 3 is 3.08 bits per heavy atom. The van der Waals surface area contributed by atoms with Crippen molar-refractivity contribution >= 4 is 0 Å². The first-order chi connectivity index (χ1) is 5.83. The maximum absolute atomic E-state index is 5.14. The minimum atomic E-state index is 0.333. The standard InChI is InChI=1S/C9H20N2O/c1-8(12-2)5-11-7-9-3-4-10-6-9/h8-11H,3-7H2,1-2H3. The minimum Gasteiger partial charge on any atom is -0.380 e. The Labute approximate surface area is 74.9 Å². The van der Waals surface area contributed by atoms with E-state index >= 15 is 0 Å². The lowest BCUT2D eigenvalue weighted by Gasteiger charge is -2.13. The van der Waals surface area contributed by atoms with Gasteiger partial charge in [0.05, 0.1) is 6.10 Å². The molecule has 0 bridgehead atoms. The third kappa shape index (κ3) is 3.52. The molecule has 0 spiro atoms. The minimum absolute atomic E-state index is 0.333. The molecule has 3 nitrogen and oxygen atoms in total. The second kappa shape index (κ2) is 5.51. The molecule has 12 heavy (non-hydrogen) atoms. The summed E-state index contributed by atoms with van der Waals surface area (Å²) in [6.45, 7) is 6.54. The molecule has 0 aliphatic carbocycles. The van der Waals surface area contributed by atoms with E-state index in [1.54, 1.807) is 7.11 Å². The first-order valence-electron chi connectivity index (χ1n) is 4.77. The topological polar surface area (TPSA) is 33.3 Å². The van der Waals surface area contributed by atoms with Gasteiger partial charge in [-0.2, -0.15) is 0 Å². The molecule has 1 saturated heterocycles. The highest BCUT2D eigenvalue weighted by Crippen LogP contribution is 2.04. The number of nitrogens with one attached hydrogen (secondary N) is 2. The lowest BCUT2D eigenvalue weighted by molar-refractivity contribution is 0.116. The Morgan fingerprint density at radius 1 is 1.67 bits per heavy atom. The fraction of sp³-hybridized carbons (Fsp3) is 1.00. The largest absolute Gasteiger partial charge is 0.380 e. The second-order valence-electron chi connectivity index (χ2n) is 3.56. The molecule has 1 aliphatic heterocycles. The van der Waals surface area contributed by atoms with Gasteiger partial charge in [-0.1, -0.05) is 0 Å². The van der Waals surface area contributed by atoms with Crippen LogP contribution in [-0.2, 0) is 4.74 Å². The van der Waals surface area contributed by atoms with Crippen molar-refractivity contribution in [3.63, 3.8) is 0 Å². The van der Waals surface area contributed by atoms with Gasteiger partial charge in [0.2, 0.25) is 0 Å². The predicted octanol–water partition coefficient (Wildman–Crippen LogP) is 0.220. The molecule has 72 valence electrons. The van der Waals surface area contributed by atoms with Crippen LogP contribution in [0.5, 0.6) is 0 Å². The van der Waals surface area contributed by atoms with Gasteiger partial charge in [-0.25, -0.2) is 0 Å². The van der Waals surface area contributed by atoms with Crippen molar-refractivity contribution in [2.45, 2.75) is 19.4 Å². The Hall–Kier alpha value is -0.120. The van der Waals surface area contributed by atoms with E-state index in [0.717, 1.165) is 19.0 Å². The summed E-state index contributed by atoms with van der Waals surface area (Å²) < 4.78 is 5.14. The van der Waals surface area contributed by atoms with Crippen LogP contribution in [-0.4, -0.2) is 39.4 Å². The molecule has 0 aromatic carbocycles. The highest BCUT2D eigenvalue weighted by Gasteiger charge is 2.13. The van der Waals surface area contributed by atoms with Gasteiger partial charge in [0.15, 0.2) is 0 Å². The second-order valence-corrected chi connectivity index (χ2v) is 3.56. The fourth-order valence-electron chi connectivity index (χ4n) is 1.46. The van der Waals surface area contributed by atoms with Crippen LogP contribution in [0.25, 0.3) is 0 Å². The fourth-order valence-corrected chi connectivity index (χ4v) is 1.46. The van der Waals surface area contributed by atoms with Gasteiger partial charge >= 0.3 is 0 Å². The number of methoxy groups -OCH3 is 1. The maximum Gasteiger partial charge on any atom is 0.0667 e. The first kappa shape index (κ1) is 9.96. The number of ether oxygens (including phenoxy) is 1. The van der Waals surface area contributed by atoms with Crippen LogP contribution in [0.3, 0.4) is 0 Å². The molecule has 2 unspecified atom stereocenters. The van der Waals surface area contributed by atoms with E-state index in [0.29, 0.717) is 6.10 Å². The van der Waals surface area contributed by atoms with Crippen molar-refractivity contribution in [1.82, 2.24) is 10.6 Å². The van der Waals surface area contributed by atoms with Crippen molar-refractivity contribution in [1.29, 1.82) is 0 Å². The molecule has 0 amide bonds. The van der Waals surface area contributed by atoms with Gasteiger partial charge in [0.25, 0.3) is 0 Å². The zero-order valence-electron chi connectivity index (χ0n) is 8.10. The van der Waals surface area contributed by atoms with Crippen LogP contribution in [0, 0.1) is 5.92 Å². The Kier molecular flexibility index (Phi) is 4.58. The molecule has 0 aromatic rings. The number of hydrogen-bond donors (Lipinski definition) is 2. The zero-order chi connectivity index (χ0) is 8.81. The molecule has 1 fully saturated rings. The SMILES string of the molecule is COC(C)CNCC1CCNC1. The number of rotatable bonds is 5. The van der Waals surface area contributed by atoms with Crippen LogP contribution in [0.1, 0.15) is 13.3 Å². The van der Waals surface area contributed by atoms with E-state index in [4.69, 9.17) is 4.74 Å². The molecular formula is C9H20N2O. The molecular weight excluding hydrogens is 152 g/mol. The van der Waals surface area contributed by atoms with E-state index in [9.17, 15) is 0 Å². The monoisotopic (exact) mass is 172 g/mol. The Morgan fingerprint density at radius 2 is 2.50 bits per heavy atom. The van der Waals surface area contributed by atoms with Crippen molar-refractivity contribution in [3.05, 3.63) is 0 Å². The quantitative estimate of drug-likeness (QED) is 0.622. The van der Waals surface area contributed by atoms with Gasteiger partial charge in [-0.15, -0.1) is 0 Å². The third-order valence-electron chi connectivity index (χ3n) is 2.43. The highest BCUT2D eigenvalue weighted by molar-refractivity contribution is 4.73. The predicted molar refractivity (Wildman–Crippen MR) is 50.3 cm³/mol. The summed E-state index contributed by atoms with van der Waals surface area (Å²) in [5.74, 6) is 0.828. The van der Waals surface area contributed by atoms with E-state index < -0.39 is 0 Å². The summed E-state index contributed by atoms with van der Waals surface area (Å²) in [5.41, 5.74) is 0. The molecule has 1 rings (SSSR count). The van der Waals surface area contributed by atoms with Gasteiger partial charge in [0, 0.05) is 13.7 Å².